The van der Waals surface area contributed by atoms with Crippen LogP contribution in [0, 0.1) is 6.92 Å². The van der Waals surface area contributed by atoms with E-state index >= 15 is 0 Å². The minimum Gasteiger partial charge on any atom is -0.229 e. The Labute approximate surface area is 101 Å². The van der Waals surface area contributed by atoms with E-state index in [4.69, 9.17) is 5.14 Å². The van der Waals surface area contributed by atoms with E-state index < -0.39 is 10.0 Å². The number of sulfonamides is 1. The molecule has 0 aliphatic carbocycles. The normalized spacial score (nSPS) is 11.9. The summed E-state index contributed by atoms with van der Waals surface area (Å²) in [6, 6.07) is 0. The molecular weight excluding hydrogens is 222 g/mol. The second-order valence-corrected chi connectivity index (χ2v) is 6.14. The molecule has 0 aromatic heterocycles. The summed E-state index contributed by atoms with van der Waals surface area (Å²) in [6.07, 6.45) is 11.5. The SMILES string of the molecule is [CH2]CCCCCCCCCCCS(N)(=O)=O. The molecule has 0 aromatic carbocycles. The quantitative estimate of drug-likeness (QED) is 0.571. The van der Waals surface area contributed by atoms with E-state index in [-0.39, 0.29) is 5.75 Å². The van der Waals surface area contributed by atoms with Crippen molar-refractivity contribution in [2.24, 2.45) is 5.14 Å². The minimum absolute atomic E-state index is 0.135. The van der Waals surface area contributed by atoms with Crippen molar-refractivity contribution in [1.82, 2.24) is 0 Å². The minimum atomic E-state index is -3.24. The molecule has 0 saturated carbocycles. The zero-order valence-corrected chi connectivity index (χ0v) is 11.1. The summed E-state index contributed by atoms with van der Waals surface area (Å²) < 4.78 is 21.3. The zero-order chi connectivity index (χ0) is 12.3. The molecule has 0 aromatic rings. The molecule has 0 saturated heterocycles. The van der Waals surface area contributed by atoms with Gasteiger partial charge in [0, 0.05) is 0 Å². The average molecular weight is 248 g/mol. The fraction of sp³-hybridized carbons (Fsp3) is 0.917. The van der Waals surface area contributed by atoms with Gasteiger partial charge in [0.1, 0.15) is 0 Å². The van der Waals surface area contributed by atoms with Crippen molar-refractivity contribution in [2.75, 3.05) is 5.75 Å². The van der Waals surface area contributed by atoms with Crippen LogP contribution in [0.1, 0.15) is 64.2 Å². The molecule has 0 amide bonds. The van der Waals surface area contributed by atoms with E-state index in [0.29, 0.717) is 6.42 Å². The lowest BCUT2D eigenvalue weighted by Gasteiger charge is -2.01. The number of rotatable bonds is 11. The first-order chi connectivity index (χ1) is 7.56. The lowest BCUT2D eigenvalue weighted by atomic mass is 10.1. The van der Waals surface area contributed by atoms with Crippen molar-refractivity contribution in [2.45, 2.75) is 64.2 Å². The third-order valence-electron chi connectivity index (χ3n) is 2.68. The van der Waals surface area contributed by atoms with Crippen LogP contribution in [0.4, 0.5) is 0 Å². The number of unbranched alkanes of at least 4 members (excludes halogenated alkanes) is 9. The Morgan fingerprint density at radius 3 is 1.50 bits per heavy atom. The second kappa shape index (κ2) is 10.1. The van der Waals surface area contributed by atoms with Crippen LogP contribution in [0.2, 0.25) is 0 Å². The van der Waals surface area contributed by atoms with Gasteiger partial charge in [-0.15, -0.1) is 0 Å². The highest BCUT2D eigenvalue weighted by Crippen LogP contribution is 2.10. The van der Waals surface area contributed by atoms with E-state index in [0.717, 1.165) is 19.3 Å². The maximum atomic E-state index is 10.6. The van der Waals surface area contributed by atoms with Crippen LogP contribution in [-0.4, -0.2) is 14.2 Å². The number of hydrogen-bond acceptors (Lipinski definition) is 2. The van der Waals surface area contributed by atoms with Gasteiger partial charge in [0.2, 0.25) is 10.0 Å². The Hall–Kier alpha value is -0.0900. The largest absolute Gasteiger partial charge is 0.229 e. The zero-order valence-electron chi connectivity index (χ0n) is 10.3. The summed E-state index contributed by atoms with van der Waals surface area (Å²) in [6.45, 7) is 3.81. The van der Waals surface area contributed by atoms with Gasteiger partial charge in [0.15, 0.2) is 0 Å². The molecule has 16 heavy (non-hydrogen) atoms. The monoisotopic (exact) mass is 248 g/mol. The van der Waals surface area contributed by atoms with Crippen LogP contribution in [-0.2, 0) is 10.0 Å². The summed E-state index contributed by atoms with van der Waals surface area (Å²) in [7, 11) is -3.24. The Bertz CT molecular complexity index is 237. The Balaban J connectivity index is 3.05. The highest BCUT2D eigenvalue weighted by molar-refractivity contribution is 7.89. The molecule has 0 spiro atoms. The second-order valence-electron chi connectivity index (χ2n) is 4.40. The van der Waals surface area contributed by atoms with Gasteiger partial charge in [-0.2, -0.15) is 0 Å². The van der Waals surface area contributed by atoms with Gasteiger partial charge < -0.3 is 0 Å². The molecular formula is C12H26NO2S. The van der Waals surface area contributed by atoms with E-state index in [1.54, 1.807) is 0 Å². The summed E-state index contributed by atoms with van der Waals surface area (Å²) in [4.78, 5) is 0. The summed E-state index contributed by atoms with van der Waals surface area (Å²) >= 11 is 0. The first-order valence-corrected chi connectivity index (χ1v) is 8.07. The molecule has 0 rings (SSSR count). The maximum Gasteiger partial charge on any atom is 0.209 e. The smallest absolute Gasteiger partial charge is 0.209 e. The Kier molecular flexibility index (Phi) is 10.0. The lowest BCUT2D eigenvalue weighted by Crippen LogP contribution is -2.16. The molecule has 0 heterocycles. The van der Waals surface area contributed by atoms with Crippen molar-refractivity contribution in [3.63, 3.8) is 0 Å². The van der Waals surface area contributed by atoms with E-state index in [1.165, 1.54) is 38.5 Å². The molecule has 0 aliphatic heterocycles. The molecule has 4 heteroatoms. The van der Waals surface area contributed by atoms with Gasteiger partial charge >= 0.3 is 0 Å². The van der Waals surface area contributed by atoms with Crippen molar-refractivity contribution < 1.29 is 8.42 Å². The third kappa shape index (κ3) is 13.9. The van der Waals surface area contributed by atoms with E-state index in [2.05, 4.69) is 6.92 Å². The lowest BCUT2D eigenvalue weighted by molar-refractivity contribution is 0.561. The van der Waals surface area contributed by atoms with E-state index in [1.807, 2.05) is 0 Å². The predicted molar refractivity (Wildman–Crippen MR) is 69.5 cm³/mol. The molecule has 0 fully saturated rings. The van der Waals surface area contributed by atoms with Gasteiger partial charge in [-0.1, -0.05) is 64.7 Å². The highest BCUT2D eigenvalue weighted by Gasteiger charge is 2.01. The molecule has 2 N–H and O–H groups in total. The number of primary sulfonamides is 1. The third-order valence-corrected chi connectivity index (χ3v) is 3.54. The van der Waals surface area contributed by atoms with Crippen molar-refractivity contribution in [3.05, 3.63) is 6.92 Å². The highest BCUT2D eigenvalue weighted by atomic mass is 32.2. The van der Waals surface area contributed by atoms with Crippen molar-refractivity contribution in [1.29, 1.82) is 0 Å². The van der Waals surface area contributed by atoms with Gasteiger partial charge in [0.25, 0.3) is 0 Å². The van der Waals surface area contributed by atoms with Crippen molar-refractivity contribution in [3.8, 4) is 0 Å². The number of nitrogens with two attached hydrogens (primary N) is 1. The molecule has 0 bridgehead atoms. The first-order valence-electron chi connectivity index (χ1n) is 6.36. The maximum absolute atomic E-state index is 10.6. The Morgan fingerprint density at radius 2 is 1.12 bits per heavy atom. The van der Waals surface area contributed by atoms with Gasteiger partial charge in [-0.05, 0) is 6.42 Å². The van der Waals surface area contributed by atoms with Crippen LogP contribution in [0.3, 0.4) is 0 Å². The van der Waals surface area contributed by atoms with Crippen LogP contribution < -0.4 is 5.14 Å². The fourth-order valence-corrected chi connectivity index (χ4v) is 2.32. The molecule has 97 valence electrons. The van der Waals surface area contributed by atoms with Crippen LogP contribution in [0.15, 0.2) is 0 Å². The summed E-state index contributed by atoms with van der Waals surface area (Å²) in [5.41, 5.74) is 0. The Morgan fingerprint density at radius 1 is 0.750 bits per heavy atom. The standard InChI is InChI=1S/C12H26NO2S/c1-2-3-4-5-6-7-8-9-10-11-12-16(13,14)15/h1-12H2,(H2,13,14,15). The molecule has 0 atom stereocenters. The molecule has 1 radical (unpaired) electrons. The van der Waals surface area contributed by atoms with Crippen molar-refractivity contribution >= 4 is 10.0 Å². The van der Waals surface area contributed by atoms with Gasteiger partial charge in [-0.3, -0.25) is 0 Å². The van der Waals surface area contributed by atoms with Gasteiger partial charge in [-0.25, -0.2) is 13.6 Å². The summed E-state index contributed by atoms with van der Waals surface area (Å²) in [5.74, 6) is 0.135. The van der Waals surface area contributed by atoms with E-state index in [9.17, 15) is 8.42 Å². The number of hydrogen-bond donors (Lipinski definition) is 1. The summed E-state index contributed by atoms with van der Waals surface area (Å²) in [5, 5.41) is 4.91. The van der Waals surface area contributed by atoms with Gasteiger partial charge in [0.05, 0.1) is 5.75 Å². The first kappa shape index (κ1) is 15.9. The van der Waals surface area contributed by atoms with Crippen LogP contribution in [0.5, 0.6) is 0 Å². The predicted octanol–water partition coefficient (Wildman–Crippen LogP) is 3.01. The average Bonchev–Trinajstić information content (AvgIpc) is 2.19. The molecule has 0 unspecified atom stereocenters. The fourth-order valence-electron chi connectivity index (χ4n) is 1.72. The van der Waals surface area contributed by atoms with Crippen LogP contribution in [0.25, 0.3) is 0 Å². The molecule has 3 nitrogen and oxygen atoms in total. The topological polar surface area (TPSA) is 60.2 Å². The molecule has 0 aliphatic rings. The van der Waals surface area contributed by atoms with Crippen LogP contribution >= 0.6 is 0 Å².